The highest BCUT2D eigenvalue weighted by Gasteiger charge is 2.51. The summed E-state index contributed by atoms with van der Waals surface area (Å²) in [5, 5.41) is 6.15. The van der Waals surface area contributed by atoms with E-state index in [1.54, 1.807) is 18.2 Å². The topological polar surface area (TPSA) is 58.2 Å². The molecule has 1 saturated carbocycles. The second-order valence-corrected chi connectivity index (χ2v) is 8.19. The van der Waals surface area contributed by atoms with Crippen LogP contribution in [0.15, 0.2) is 46.9 Å². The Morgan fingerprint density at radius 2 is 1.88 bits per heavy atom. The second-order valence-electron chi connectivity index (χ2n) is 6.87. The summed E-state index contributed by atoms with van der Waals surface area (Å²) < 4.78 is 0.944. The van der Waals surface area contributed by atoms with Gasteiger partial charge in [0.25, 0.3) is 5.91 Å². The van der Waals surface area contributed by atoms with Crippen molar-refractivity contribution in [2.45, 2.75) is 38.1 Å². The van der Waals surface area contributed by atoms with Gasteiger partial charge in [0.15, 0.2) is 0 Å². The Hall–Kier alpha value is -1.85. The summed E-state index contributed by atoms with van der Waals surface area (Å²) >= 11 is 9.70. The molecule has 0 radical (unpaired) electrons. The maximum Gasteiger partial charge on any atom is 0.251 e. The van der Waals surface area contributed by atoms with Crippen molar-refractivity contribution >= 4 is 45.0 Å². The molecule has 2 amide bonds. The van der Waals surface area contributed by atoms with Crippen LogP contribution in [0.2, 0.25) is 5.02 Å². The van der Waals surface area contributed by atoms with Crippen LogP contribution < -0.4 is 10.6 Å². The fourth-order valence-corrected chi connectivity index (χ4v) is 3.47. The smallest absolute Gasteiger partial charge is 0.251 e. The molecule has 3 rings (SSSR count). The van der Waals surface area contributed by atoms with Crippen molar-refractivity contribution < 1.29 is 9.59 Å². The number of carbonyl (C=O) groups excluding carboxylic acids is 2. The largest absolute Gasteiger partial charge is 0.350 e. The molecular formula is C20H20BrClN2O2. The van der Waals surface area contributed by atoms with E-state index in [1.807, 2.05) is 38.1 Å². The van der Waals surface area contributed by atoms with Gasteiger partial charge in [-0.2, -0.15) is 0 Å². The molecular weight excluding hydrogens is 416 g/mol. The third-order valence-corrected chi connectivity index (χ3v) is 5.28. The molecule has 136 valence electrons. The van der Waals surface area contributed by atoms with E-state index in [9.17, 15) is 9.59 Å². The van der Waals surface area contributed by atoms with Crippen molar-refractivity contribution in [1.82, 2.24) is 5.32 Å². The zero-order valence-electron chi connectivity index (χ0n) is 14.6. The average Bonchev–Trinajstić information content (AvgIpc) is 3.38. The summed E-state index contributed by atoms with van der Waals surface area (Å²) in [5.74, 6) is -0.292. The van der Waals surface area contributed by atoms with Crippen molar-refractivity contribution in [3.8, 4) is 0 Å². The molecule has 1 aliphatic rings. The SMILES string of the molecule is CC(C)NC(=O)c1ccc(Cl)c(NC(=O)C2(c3cccc(Br)c3)CC2)c1. The van der Waals surface area contributed by atoms with Crippen LogP contribution in [-0.4, -0.2) is 17.9 Å². The van der Waals surface area contributed by atoms with Gasteiger partial charge < -0.3 is 10.6 Å². The Labute approximate surface area is 166 Å². The molecule has 0 heterocycles. The van der Waals surface area contributed by atoms with Crippen LogP contribution in [0.4, 0.5) is 5.69 Å². The monoisotopic (exact) mass is 434 g/mol. The molecule has 0 spiro atoms. The van der Waals surface area contributed by atoms with Crippen LogP contribution in [0.1, 0.15) is 42.6 Å². The van der Waals surface area contributed by atoms with E-state index in [2.05, 4.69) is 26.6 Å². The molecule has 2 aromatic rings. The molecule has 0 bridgehead atoms. The summed E-state index contributed by atoms with van der Waals surface area (Å²) in [6.45, 7) is 3.79. The van der Waals surface area contributed by atoms with Crippen molar-refractivity contribution in [3.05, 3.63) is 63.1 Å². The summed E-state index contributed by atoms with van der Waals surface area (Å²) in [7, 11) is 0. The first-order chi connectivity index (χ1) is 12.3. The standard InChI is InChI=1S/C20H20BrClN2O2/c1-12(2)23-18(25)13-6-7-16(22)17(10-13)24-19(26)20(8-9-20)14-4-3-5-15(21)11-14/h3-7,10-12H,8-9H2,1-2H3,(H,23,25)(H,24,26). The molecule has 0 atom stereocenters. The van der Waals surface area contributed by atoms with Gasteiger partial charge in [-0.3, -0.25) is 9.59 Å². The Morgan fingerprint density at radius 3 is 2.50 bits per heavy atom. The van der Waals surface area contributed by atoms with Crippen LogP contribution in [-0.2, 0) is 10.2 Å². The van der Waals surface area contributed by atoms with Crippen molar-refractivity contribution in [2.75, 3.05) is 5.32 Å². The van der Waals surface area contributed by atoms with E-state index < -0.39 is 5.41 Å². The zero-order chi connectivity index (χ0) is 18.9. The summed E-state index contributed by atoms with van der Waals surface area (Å²) in [6, 6.07) is 12.7. The molecule has 26 heavy (non-hydrogen) atoms. The lowest BCUT2D eigenvalue weighted by Gasteiger charge is -2.17. The number of rotatable bonds is 5. The lowest BCUT2D eigenvalue weighted by atomic mass is 9.95. The first kappa shape index (κ1) is 18.9. The summed E-state index contributed by atoms with van der Waals surface area (Å²) in [4.78, 5) is 25.1. The van der Waals surface area contributed by atoms with Crippen LogP contribution in [0.3, 0.4) is 0 Å². The van der Waals surface area contributed by atoms with Crippen LogP contribution in [0, 0.1) is 0 Å². The molecule has 1 aliphatic carbocycles. The highest BCUT2D eigenvalue weighted by atomic mass is 79.9. The number of nitrogens with one attached hydrogen (secondary N) is 2. The van der Waals surface area contributed by atoms with Gasteiger partial charge in [-0.25, -0.2) is 0 Å². The van der Waals surface area contributed by atoms with Gasteiger partial charge in [0.2, 0.25) is 5.91 Å². The fraction of sp³-hybridized carbons (Fsp3) is 0.300. The molecule has 0 saturated heterocycles. The molecule has 0 aromatic heterocycles. The number of hydrogen-bond acceptors (Lipinski definition) is 2. The molecule has 1 fully saturated rings. The Balaban J connectivity index is 1.82. The van der Waals surface area contributed by atoms with Gasteiger partial charge in [-0.05, 0) is 62.6 Å². The highest BCUT2D eigenvalue weighted by Crippen LogP contribution is 2.49. The molecule has 2 N–H and O–H groups in total. The lowest BCUT2D eigenvalue weighted by molar-refractivity contribution is -0.118. The Kier molecular flexibility index (Phi) is 5.39. The van der Waals surface area contributed by atoms with E-state index in [0.717, 1.165) is 22.9 Å². The number of halogens is 2. The molecule has 2 aromatic carbocycles. The van der Waals surface area contributed by atoms with E-state index in [4.69, 9.17) is 11.6 Å². The van der Waals surface area contributed by atoms with Gasteiger partial charge in [0.1, 0.15) is 0 Å². The van der Waals surface area contributed by atoms with Gasteiger partial charge in [-0.15, -0.1) is 0 Å². The Bertz CT molecular complexity index is 863. The van der Waals surface area contributed by atoms with Crippen LogP contribution >= 0.6 is 27.5 Å². The van der Waals surface area contributed by atoms with E-state index in [1.165, 1.54) is 0 Å². The number of amides is 2. The third kappa shape index (κ3) is 3.94. The zero-order valence-corrected chi connectivity index (χ0v) is 16.9. The quantitative estimate of drug-likeness (QED) is 0.701. The lowest BCUT2D eigenvalue weighted by Crippen LogP contribution is -2.30. The normalized spacial score (nSPS) is 14.8. The van der Waals surface area contributed by atoms with Crippen molar-refractivity contribution in [1.29, 1.82) is 0 Å². The second kappa shape index (κ2) is 7.41. The van der Waals surface area contributed by atoms with Gasteiger partial charge >= 0.3 is 0 Å². The minimum Gasteiger partial charge on any atom is -0.350 e. The summed E-state index contributed by atoms with van der Waals surface area (Å²) in [5.41, 5.74) is 1.37. The van der Waals surface area contributed by atoms with E-state index in [0.29, 0.717) is 16.3 Å². The maximum absolute atomic E-state index is 12.9. The predicted molar refractivity (Wildman–Crippen MR) is 108 cm³/mol. The van der Waals surface area contributed by atoms with Crippen molar-refractivity contribution in [2.24, 2.45) is 0 Å². The van der Waals surface area contributed by atoms with Crippen LogP contribution in [0.5, 0.6) is 0 Å². The first-order valence-electron chi connectivity index (χ1n) is 8.50. The molecule has 0 unspecified atom stereocenters. The Morgan fingerprint density at radius 1 is 1.15 bits per heavy atom. The molecule has 0 aliphatic heterocycles. The van der Waals surface area contributed by atoms with Gasteiger partial charge in [0, 0.05) is 16.1 Å². The third-order valence-electron chi connectivity index (χ3n) is 4.46. The highest BCUT2D eigenvalue weighted by molar-refractivity contribution is 9.10. The van der Waals surface area contributed by atoms with E-state index >= 15 is 0 Å². The van der Waals surface area contributed by atoms with Crippen molar-refractivity contribution in [3.63, 3.8) is 0 Å². The average molecular weight is 436 g/mol. The number of hydrogen-bond donors (Lipinski definition) is 2. The van der Waals surface area contributed by atoms with Gasteiger partial charge in [-0.1, -0.05) is 39.7 Å². The molecule has 4 nitrogen and oxygen atoms in total. The van der Waals surface area contributed by atoms with E-state index in [-0.39, 0.29) is 17.9 Å². The number of anilines is 1. The maximum atomic E-state index is 12.9. The first-order valence-corrected chi connectivity index (χ1v) is 9.67. The minimum absolute atomic E-state index is 0.0301. The minimum atomic E-state index is -0.524. The summed E-state index contributed by atoms with van der Waals surface area (Å²) in [6.07, 6.45) is 1.58. The van der Waals surface area contributed by atoms with Gasteiger partial charge in [0.05, 0.1) is 16.1 Å². The molecule has 6 heteroatoms. The number of benzene rings is 2. The van der Waals surface area contributed by atoms with Crippen LogP contribution in [0.25, 0.3) is 0 Å². The number of carbonyl (C=O) groups is 2. The fourth-order valence-electron chi connectivity index (χ4n) is 2.91. The predicted octanol–water partition coefficient (Wildman–Crippen LogP) is 4.91.